The highest BCUT2D eigenvalue weighted by molar-refractivity contribution is 5.28. The van der Waals surface area contributed by atoms with E-state index in [1.165, 1.54) is 5.57 Å². The van der Waals surface area contributed by atoms with Crippen molar-refractivity contribution in [2.45, 2.75) is 32.7 Å². The second kappa shape index (κ2) is 6.46. The molecule has 2 heteroatoms. The molecule has 2 nitrogen and oxygen atoms in total. The third kappa shape index (κ3) is 4.84. The average Bonchev–Trinajstić information content (AvgIpc) is 2.42. The lowest BCUT2D eigenvalue weighted by atomic mass is 10.1. The summed E-state index contributed by atoms with van der Waals surface area (Å²) in [5.74, 6) is 1.03. The van der Waals surface area contributed by atoms with E-state index in [0.29, 0.717) is 6.04 Å². The van der Waals surface area contributed by atoms with Gasteiger partial charge in [-0.25, -0.2) is 0 Å². The van der Waals surface area contributed by atoms with Gasteiger partial charge in [0.1, 0.15) is 0 Å². The highest BCUT2D eigenvalue weighted by Crippen LogP contribution is 2.14. The zero-order valence-corrected chi connectivity index (χ0v) is 9.92. The van der Waals surface area contributed by atoms with Gasteiger partial charge in [0.15, 0.2) is 0 Å². The minimum Gasteiger partial charge on any atom is -0.501 e. The largest absolute Gasteiger partial charge is 0.501 e. The van der Waals surface area contributed by atoms with Crippen LogP contribution in [0.4, 0.5) is 0 Å². The molecule has 1 N–H and O–H groups in total. The van der Waals surface area contributed by atoms with Gasteiger partial charge >= 0.3 is 0 Å². The highest BCUT2D eigenvalue weighted by atomic mass is 16.5. The SMILES string of the molecule is COC1=CC=CC(CCNC(C)C)=CC1. The van der Waals surface area contributed by atoms with Crippen molar-refractivity contribution >= 4 is 0 Å². The van der Waals surface area contributed by atoms with Crippen molar-refractivity contribution in [3.05, 3.63) is 35.6 Å². The molecule has 0 radical (unpaired) electrons. The van der Waals surface area contributed by atoms with E-state index >= 15 is 0 Å². The maximum absolute atomic E-state index is 5.21. The summed E-state index contributed by atoms with van der Waals surface area (Å²) < 4.78 is 5.21. The van der Waals surface area contributed by atoms with Gasteiger partial charge < -0.3 is 10.1 Å². The van der Waals surface area contributed by atoms with Gasteiger partial charge in [-0.15, -0.1) is 0 Å². The van der Waals surface area contributed by atoms with Crippen LogP contribution in [0.1, 0.15) is 26.7 Å². The average molecular weight is 207 g/mol. The summed E-state index contributed by atoms with van der Waals surface area (Å²) >= 11 is 0. The van der Waals surface area contributed by atoms with E-state index < -0.39 is 0 Å². The first-order chi connectivity index (χ1) is 7.22. The maximum Gasteiger partial charge on any atom is 0.0993 e. The molecule has 1 aliphatic carbocycles. The zero-order valence-electron chi connectivity index (χ0n) is 9.92. The van der Waals surface area contributed by atoms with E-state index in [1.54, 1.807) is 7.11 Å². The van der Waals surface area contributed by atoms with Crippen molar-refractivity contribution in [3.8, 4) is 0 Å². The van der Waals surface area contributed by atoms with E-state index in [-0.39, 0.29) is 0 Å². The molecule has 0 bridgehead atoms. The molecular formula is C13H21NO. The van der Waals surface area contributed by atoms with Crippen molar-refractivity contribution < 1.29 is 4.74 Å². The molecule has 0 aromatic carbocycles. The number of ether oxygens (including phenoxy) is 1. The Kier molecular flexibility index (Phi) is 5.19. The molecular weight excluding hydrogens is 186 g/mol. The van der Waals surface area contributed by atoms with Gasteiger partial charge in [0.25, 0.3) is 0 Å². The van der Waals surface area contributed by atoms with E-state index in [9.17, 15) is 0 Å². The number of allylic oxidation sites excluding steroid dienone is 4. The zero-order chi connectivity index (χ0) is 11.1. The number of rotatable bonds is 5. The van der Waals surface area contributed by atoms with Crippen molar-refractivity contribution in [3.63, 3.8) is 0 Å². The molecule has 15 heavy (non-hydrogen) atoms. The first-order valence-electron chi connectivity index (χ1n) is 5.56. The first kappa shape index (κ1) is 12.1. The summed E-state index contributed by atoms with van der Waals surface area (Å²) in [5.41, 5.74) is 1.38. The fraction of sp³-hybridized carbons (Fsp3) is 0.538. The van der Waals surface area contributed by atoms with Gasteiger partial charge in [0, 0.05) is 12.5 Å². The Labute approximate surface area is 92.7 Å². The summed E-state index contributed by atoms with van der Waals surface area (Å²) in [6.45, 7) is 5.37. The number of hydrogen-bond donors (Lipinski definition) is 1. The third-order valence-electron chi connectivity index (χ3n) is 2.39. The molecule has 0 aromatic heterocycles. The molecule has 0 saturated carbocycles. The molecule has 0 fully saturated rings. The van der Waals surface area contributed by atoms with Crippen molar-refractivity contribution in [2.75, 3.05) is 13.7 Å². The van der Waals surface area contributed by atoms with E-state index in [0.717, 1.165) is 25.1 Å². The lowest BCUT2D eigenvalue weighted by molar-refractivity contribution is 0.285. The molecule has 0 saturated heterocycles. The van der Waals surface area contributed by atoms with Gasteiger partial charge in [0.05, 0.1) is 12.9 Å². The summed E-state index contributed by atoms with van der Waals surface area (Å²) in [6.07, 6.45) is 10.5. The Morgan fingerprint density at radius 3 is 2.93 bits per heavy atom. The molecule has 0 aromatic rings. The molecule has 0 atom stereocenters. The Bertz CT molecular complexity index is 274. The van der Waals surface area contributed by atoms with Gasteiger partial charge in [-0.1, -0.05) is 37.6 Å². The maximum atomic E-state index is 5.21. The van der Waals surface area contributed by atoms with Gasteiger partial charge in [-0.2, -0.15) is 0 Å². The molecule has 0 amide bonds. The normalized spacial score (nSPS) is 16.0. The van der Waals surface area contributed by atoms with Crippen LogP contribution in [0.15, 0.2) is 35.6 Å². The van der Waals surface area contributed by atoms with E-state index in [4.69, 9.17) is 4.74 Å². The van der Waals surface area contributed by atoms with Crippen LogP contribution < -0.4 is 5.32 Å². The van der Waals surface area contributed by atoms with Crippen LogP contribution in [0.5, 0.6) is 0 Å². The lowest BCUT2D eigenvalue weighted by Gasteiger charge is -2.08. The van der Waals surface area contributed by atoms with Crippen molar-refractivity contribution in [1.29, 1.82) is 0 Å². The molecule has 1 rings (SSSR count). The van der Waals surface area contributed by atoms with Gasteiger partial charge in [-0.05, 0) is 19.0 Å². The fourth-order valence-electron chi connectivity index (χ4n) is 1.49. The fourth-order valence-corrected chi connectivity index (χ4v) is 1.49. The van der Waals surface area contributed by atoms with Crippen LogP contribution in [0.3, 0.4) is 0 Å². The standard InChI is InChI=1S/C13H21NO/c1-11(2)14-10-9-12-5-4-6-13(15-3)8-7-12/h4-7,11,14H,8-10H2,1-3H3. The Morgan fingerprint density at radius 1 is 1.47 bits per heavy atom. The summed E-state index contributed by atoms with van der Waals surface area (Å²) in [4.78, 5) is 0. The predicted molar refractivity (Wildman–Crippen MR) is 64.7 cm³/mol. The Hall–Kier alpha value is -1.02. The molecule has 84 valence electrons. The van der Waals surface area contributed by atoms with Gasteiger partial charge in [0.2, 0.25) is 0 Å². The Balaban J connectivity index is 2.35. The van der Waals surface area contributed by atoms with Crippen molar-refractivity contribution in [1.82, 2.24) is 5.32 Å². The number of nitrogens with one attached hydrogen (secondary N) is 1. The predicted octanol–water partition coefficient (Wildman–Crippen LogP) is 2.79. The van der Waals surface area contributed by atoms with Crippen LogP contribution in [0, 0.1) is 0 Å². The summed E-state index contributed by atoms with van der Waals surface area (Å²) in [7, 11) is 1.72. The van der Waals surface area contributed by atoms with Crippen LogP contribution in [-0.4, -0.2) is 19.7 Å². The molecule has 0 spiro atoms. The molecule has 1 aliphatic rings. The van der Waals surface area contributed by atoms with Crippen LogP contribution in [0.25, 0.3) is 0 Å². The molecule has 0 aliphatic heterocycles. The van der Waals surface area contributed by atoms with E-state index in [2.05, 4.69) is 37.4 Å². The van der Waals surface area contributed by atoms with Crippen LogP contribution in [-0.2, 0) is 4.74 Å². The Morgan fingerprint density at radius 2 is 2.27 bits per heavy atom. The number of hydrogen-bond acceptors (Lipinski definition) is 2. The highest BCUT2D eigenvalue weighted by Gasteiger charge is 2.00. The summed E-state index contributed by atoms with van der Waals surface area (Å²) in [6, 6.07) is 0.563. The number of methoxy groups -OCH3 is 1. The molecule has 0 unspecified atom stereocenters. The lowest BCUT2D eigenvalue weighted by Crippen LogP contribution is -2.23. The minimum absolute atomic E-state index is 0.563. The second-order valence-corrected chi connectivity index (χ2v) is 4.04. The monoisotopic (exact) mass is 207 g/mol. The smallest absolute Gasteiger partial charge is 0.0993 e. The topological polar surface area (TPSA) is 21.3 Å². The molecule has 0 heterocycles. The van der Waals surface area contributed by atoms with Crippen LogP contribution in [0.2, 0.25) is 0 Å². The van der Waals surface area contributed by atoms with E-state index in [1.807, 2.05) is 6.08 Å². The minimum atomic E-state index is 0.563. The van der Waals surface area contributed by atoms with Crippen molar-refractivity contribution in [2.24, 2.45) is 0 Å². The van der Waals surface area contributed by atoms with Crippen LogP contribution >= 0.6 is 0 Å². The van der Waals surface area contributed by atoms with Gasteiger partial charge in [-0.3, -0.25) is 0 Å². The summed E-state index contributed by atoms with van der Waals surface area (Å²) in [5, 5.41) is 3.42. The quantitative estimate of drug-likeness (QED) is 0.748. The third-order valence-corrected chi connectivity index (χ3v) is 2.39. The second-order valence-electron chi connectivity index (χ2n) is 4.04. The first-order valence-corrected chi connectivity index (χ1v) is 5.56.